The molecule has 1 N–H and O–H groups in total. The van der Waals surface area contributed by atoms with Crippen molar-refractivity contribution in [1.29, 1.82) is 0 Å². The highest BCUT2D eigenvalue weighted by atomic mass is 16.6. The van der Waals surface area contributed by atoms with Crippen LogP contribution in [0.4, 0.5) is 11.4 Å². The summed E-state index contributed by atoms with van der Waals surface area (Å²) in [6, 6.07) is 4.82. The topological polar surface area (TPSA) is 75.5 Å². The number of nitro benzene ring substituents is 1. The van der Waals surface area contributed by atoms with Gasteiger partial charge in [0.1, 0.15) is 5.69 Å². The minimum Gasteiger partial charge on any atom is -0.366 e. The highest BCUT2D eigenvalue weighted by molar-refractivity contribution is 5.95. The van der Waals surface area contributed by atoms with Crippen LogP contribution in [0, 0.1) is 16.0 Å². The molecular weight excluding hydrogens is 306 g/mol. The van der Waals surface area contributed by atoms with Crippen molar-refractivity contribution in [3.05, 3.63) is 33.9 Å². The second-order valence-corrected chi connectivity index (χ2v) is 6.62. The summed E-state index contributed by atoms with van der Waals surface area (Å²) in [6.07, 6.45) is 5.27. The predicted molar refractivity (Wildman–Crippen MR) is 95.6 cm³/mol. The summed E-state index contributed by atoms with van der Waals surface area (Å²) in [5.74, 6) is 0.285. The summed E-state index contributed by atoms with van der Waals surface area (Å²) in [5, 5.41) is 14.3. The van der Waals surface area contributed by atoms with E-state index in [9.17, 15) is 14.9 Å². The highest BCUT2D eigenvalue weighted by Crippen LogP contribution is 2.32. The van der Waals surface area contributed by atoms with Crippen molar-refractivity contribution in [1.82, 2.24) is 5.32 Å². The summed E-state index contributed by atoms with van der Waals surface area (Å²) in [7, 11) is 0. The van der Waals surface area contributed by atoms with Gasteiger partial charge in [-0.2, -0.15) is 0 Å². The quantitative estimate of drug-likeness (QED) is 0.468. The van der Waals surface area contributed by atoms with Gasteiger partial charge in [-0.1, -0.05) is 26.7 Å². The Morgan fingerprint density at radius 2 is 2.21 bits per heavy atom. The fourth-order valence-electron chi connectivity index (χ4n) is 3.17. The van der Waals surface area contributed by atoms with Gasteiger partial charge in [-0.05, 0) is 37.3 Å². The highest BCUT2D eigenvalue weighted by Gasteiger charge is 2.25. The van der Waals surface area contributed by atoms with Gasteiger partial charge in [-0.25, -0.2) is 0 Å². The molecule has 24 heavy (non-hydrogen) atoms. The van der Waals surface area contributed by atoms with E-state index in [0.29, 0.717) is 23.7 Å². The van der Waals surface area contributed by atoms with Crippen LogP contribution in [0.5, 0.6) is 0 Å². The molecular formula is C18H27N3O3. The number of rotatable bonds is 7. The minimum absolute atomic E-state index is 0.0188. The third-order valence-electron chi connectivity index (χ3n) is 4.50. The lowest BCUT2D eigenvalue weighted by molar-refractivity contribution is -0.384. The normalized spacial score (nSPS) is 17.6. The van der Waals surface area contributed by atoms with E-state index in [-0.39, 0.29) is 16.5 Å². The molecule has 1 unspecified atom stereocenters. The zero-order valence-corrected chi connectivity index (χ0v) is 14.6. The van der Waals surface area contributed by atoms with Crippen LogP contribution in [0.15, 0.2) is 18.2 Å². The summed E-state index contributed by atoms with van der Waals surface area (Å²) < 4.78 is 0. The second kappa shape index (κ2) is 8.66. The van der Waals surface area contributed by atoms with Gasteiger partial charge in [0.05, 0.1) is 4.92 Å². The fraction of sp³-hybridized carbons (Fsp3) is 0.611. The maximum Gasteiger partial charge on any atom is 0.293 e. The maximum absolute atomic E-state index is 12.2. The van der Waals surface area contributed by atoms with Crippen LogP contribution < -0.4 is 10.2 Å². The number of anilines is 1. The molecule has 0 bridgehead atoms. The van der Waals surface area contributed by atoms with Crippen molar-refractivity contribution < 1.29 is 9.72 Å². The minimum atomic E-state index is -0.386. The third-order valence-corrected chi connectivity index (χ3v) is 4.50. The molecule has 1 saturated heterocycles. The first-order chi connectivity index (χ1) is 11.5. The predicted octanol–water partition coefficient (Wildman–Crippen LogP) is 3.75. The van der Waals surface area contributed by atoms with Gasteiger partial charge < -0.3 is 10.2 Å². The van der Waals surface area contributed by atoms with E-state index in [1.54, 1.807) is 12.1 Å². The van der Waals surface area contributed by atoms with Gasteiger partial charge in [0, 0.05) is 31.3 Å². The standard InChI is InChI=1S/C18H27N3O3/c1-3-4-5-10-19-18(22)15-8-9-16(17(12-15)21(23)24)20-11-6-7-14(2)13-20/h8-9,12,14H,3-7,10-11,13H2,1-2H3,(H,19,22). The summed E-state index contributed by atoms with van der Waals surface area (Å²) in [5.41, 5.74) is 0.992. The van der Waals surface area contributed by atoms with Crippen molar-refractivity contribution in [2.24, 2.45) is 5.92 Å². The smallest absolute Gasteiger partial charge is 0.293 e. The number of amides is 1. The van der Waals surface area contributed by atoms with Gasteiger partial charge in [0.25, 0.3) is 11.6 Å². The van der Waals surface area contributed by atoms with E-state index in [1.807, 2.05) is 0 Å². The molecule has 1 heterocycles. The Balaban J connectivity index is 2.14. The van der Waals surface area contributed by atoms with Crippen molar-refractivity contribution in [2.45, 2.75) is 46.0 Å². The Morgan fingerprint density at radius 3 is 2.88 bits per heavy atom. The average Bonchev–Trinajstić information content (AvgIpc) is 2.58. The first-order valence-electron chi connectivity index (χ1n) is 8.84. The molecule has 132 valence electrons. The molecule has 1 atom stereocenters. The molecule has 0 spiro atoms. The number of hydrogen-bond acceptors (Lipinski definition) is 4. The molecule has 0 saturated carbocycles. The van der Waals surface area contributed by atoms with Crippen LogP contribution in [-0.4, -0.2) is 30.5 Å². The summed E-state index contributed by atoms with van der Waals surface area (Å²) in [4.78, 5) is 25.3. The van der Waals surface area contributed by atoms with E-state index < -0.39 is 0 Å². The molecule has 1 amide bonds. The summed E-state index contributed by atoms with van der Waals surface area (Å²) >= 11 is 0. The number of nitro groups is 1. The number of piperidine rings is 1. The molecule has 1 aliphatic rings. The van der Waals surface area contributed by atoms with Gasteiger partial charge in [-0.15, -0.1) is 0 Å². The number of carbonyl (C=O) groups is 1. The van der Waals surface area contributed by atoms with E-state index >= 15 is 0 Å². The van der Waals surface area contributed by atoms with Gasteiger partial charge in [0.15, 0.2) is 0 Å². The Bertz CT molecular complexity index is 589. The van der Waals surface area contributed by atoms with E-state index in [4.69, 9.17) is 0 Å². The molecule has 6 nitrogen and oxygen atoms in total. The molecule has 1 aromatic rings. The number of benzene rings is 1. The molecule has 0 radical (unpaired) electrons. The number of hydrogen-bond donors (Lipinski definition) is 1. The fourth-order valence-corrected chi connectivity index (χ4v) is 3.17. The second-order valence-electron chi connectivity index (χ2n) is 6.62. The molecule has 1 aliphatic heterocycles. The Morgan fingerprint density at radius 1 is 1.42 bits per heavy atom. The molecule has 2 rings (SSSR count). The molecule has 1 aromatic carbocycles. The van der Waals surface area contributed by atoms with Crippen LogP contribution in [0.1, 0.15) is 56.3 Å². The van der Waals surface area contributed by atoms with E-state index in [2.05, 4.69) is 24.1 Å². The number of carbonyl (C=O) groups excluding carboxylic acids is 1. The van der Waals surface area contributed by atoms with Crippen LogP contribution in [0.25, 0.3) is 0 Å². The van der Waals surface area contributed by atoms with Gasteiger partial charge in [0.2, 0.25) is 0 Å². The Labute approximate surface area is 143 Å². The van der Waals surface area contributed by atoms with E-state index in [1.165, 1.54) is 6.07 Å². The lowest BCUT2D eigenvalue weighted by Crippen LogP contribution is -2.34. The zero-order chi connectivity index (χ0) is 17.5. The van der Waals surface area contributed by atoms with Crippen LogP contribution in [0.3, 0.4) is 0 Å². The Kier molecular flexibility index (Phi) is 6.58. The Hall–Kier alpha value is -2.11. The number of nitrogens with one attached hydrogen (secondary N) is 1. The zero-order valence-electron chi connectivity index (χ0n) is 14.6. The first kappa shape index (κ1) is 18.2. The molecule has 1 fully saturated rings. The van der Waals surface area contributed by atoms with Crippen LogP contribution >= 0.6 is 0 Å². The third kappa shape index (κ3) is 4.69. The number of nitrogens with zero attached hydrogens (tertiary/aromatic N) is 2. The van der Waals surface area contributed by atoms with Gasteiger partial charge >= 0.3 is 0 Å². The van der Waals surface area contributed by atoms with E-state index in [0.717, 1.165) is 45.2 Å². The first-order valence-corrected chi connectivity index (χ1v) is 8.84. The lowest BCUT2D eigenvalue weighted by Gasteiger charge is -2.32. The number of unbranched alkanes of at least 4 members (excludes halogenated alkanes) is 2. The van der Waals surface area contributed by atoms with Crippen molar-refractivity contribution in [3.8, 4) is 0 Å². The van der Waals surface area contributed by atoms with Crippen LogP contribution in [-0.2, 0) is 0 Å². The SMILES string of the molecule is CCCCCNC(=O)c1ccc(N2CCCC(C)C2)c([N+](=O)[O-])c1. The lowest BCUT2D eigenvalue weighted by atomic mass is 9.99. The van der Waals surface area contributed by atoms with Crippen molar-refractivity contribution in [2.75, 3.05) is 24.5 Å². The monoisotopic (exact) mass is 333 g/mol. The van der Waals surface area contributed by atoms with Crippen LogP contribution in [0.2, 0.25) is 0 Å². The molecule has 0 aliphatic carbocycles. The molecule has 0 aromatic heterocycles. The van der Waals surface area contributed by atoms with Crippen molar-refractivity contribution >= 4 is 17.3 Å². The average molecular weight is 333 g/mol. The molecule has 6 heteroatoms. The largest absolute Gasteiger partial charge is 0.366 e. The van der Waals surface area contributed by atoms with Crippen molar-refractivity contribution in [3.63, 3.8) is 0 Å². The maximum atomic E-state index is 12.2. The summed E-state index contributed by atoms with van der Waals surface area (Å²) in [6.45, 7) is 6.52. The van der Waals surface area contributed by atoms with Gasteiger partial charge in [-0.3, -0.25) is 14.9 Å².